The van der Waals surface area contributed by atoms with Gasteiger partial charge >= 0.3 is 0 Å². The Balaban J connectivity index is 2.18. The van der Waals surface area contributed by atoms with Crippen LogP contribution < -0.4 is 5.32 Å². The molecule has 0 heterocycles. The summed E-state index contributed by atoms with van der Waals surface area (Å²) < 4.78 is 1.27. The van der Waals surface area contributed by atoms with Crippen LogP contribution in [0.15, 0.2) is 28.7 Å². The number of hydrogen-bond acceptors (Lipinski definition) is 1. The average Bonchev–Trinajstić information content (AvgIpc) is 2.66. The van der Waals surface area contributed by atoms with Crippen molar-refractivity contribution in [1.82, 2.24) is 5.32 Å². The normalized spacial score (nSPS) is 19.4. The second-order valence-corrected chi connectivity index (χ2v) is 6.29. The minimum atomic E-state index is 0.656. The monoisotopic (exact) mass is 309 g/mol. The first-order valence-corrected chi connectivity index (χ1v) is 8.01. The lowest BCUT2D eigenvalue weighted by Crippen LogP contribution is -2.24. The molecule has 100 valence electrons. The lowest BCUT2D eigenvalue weighted by atomic mass is 9.81. The maximum atomic E-state index is 3.73. The minimum Gasteiger partial charge on any atom is -0.319 e. The summed E-state index contributed by atoms with van der Waals surface area (Å²) in [5, 5.41) is 3.39. The van der Waals surface area contributed by atoms with Gasteiger partial charge < -0.3 is 5.32 Å². The van der Waals surface area contributed by atoms with Gasteiger partial charge in [-0.1, -0.05) is 59.8 Å². The van der Waals surface area contributed by atoms with Gasteiger partial charge in [-0.2, -0.15) is 0 Å². The molecule has 1 aromatic rings. The molecule has 1 fully saturated rings. The maximum Gasteiger partial charge on any atom is 0.0210 e. The fourth-order valence-electron chi connectivity index (χ4n) is 3.24. The molecule has 1 aliphatic rings. The van der Waals surface area contributed by atoms with Gasteiger partial charge in [-0.05, 0) is 37.4 Å². The van der Waals surface area contributed by atoms with E-state index < -0.39 is 0 Å². The molecule has 0 spiro atoms. The van der Waals surface area contributed by atoms with Crippen LogP contribution in [0.2, 0.25) is 0 Å². The molecule has 0 radical (unpaired) electrons. The average molecular weight is 310 g/mol. The van der Waals surface area contributed by atoms with Gasteiger partial charge in [-0.15, -0.1) is 0 Å². The second-order valence-electron chi connectivity index (χ2n) is 5.44. The van der Waals surface area contributed by atoms with Crippen molar-refractivity contribution >= 4 is 15.9 Å². The van der Waals surface area contributed by atoms with Crippen LogP contribution in [-0.2, 0) is 0 Å². The SMILES string of the molecule is CNCC(c1ccccc1Br)C1CCCCCC1. The second kappa shape index (κ2) is 7.30. The lowest BCUT2D eigenvalue weighted by Gasteiger charge is -2.27. The van der Waals surface area contributed by atoms with Gasteiger partial charge in [0.05, 0.1) is 0 Å². The van der Waals surface area contributed by atoms with E-state index in [1.807, 2.05) is 0 Å². The first kappa shape index (κ1) is 14.1. The predicted octanol–water partition coefficient (Wildman–Crippen LogP) is 4.72. The Morgan fingerprint density at radius 2 is 1.83 bits per heavy atom. The first-order valence-electron chi connectivity index (χ1n) is 7.22. The summed E-state index contributed by atoms with van der Waals surface area (Å²) in [6.07, 6.45) is 8.48. The van der Waals surface area contributed by atoms with Gasteiger partial charge in [-0.25, -0.2) is 0 Å². The summed E-state index contributed by atoms with van der Waals surface area (Å²) in [7, 11) is 2.07. The summed E-state index contributed by atoms with van der Waals surface area (Å²) in [5.74, 6) is 1.50. The van der Waals surface area contributed by atoms with Gasteiger partial charge in [0.1, 0.15) is 0 Å². The van der Waals surface area contributed by atoms with Crippen LogP contribution in [0.4, 0.5) is 0 Å². The van der Waals surface area contributed by atoms with Crippen LogP contribution >= 0.6 is 15.9 Å². The Kier molecular flexibility index (Phi) is 5.71. The molecular weight excluding hydrogens is 286 g/mol. The van der Waals surface area contributed by atoms with E-state index in [1.54, 1.807) is 0 Å². The zero-order chi connectivity index (χ0) is 12.8. The van der Waals surface area contributed by atoms with E-state index in [2.05, 4.69) is 52.6 Å². The van der Waals surface area contributed by atoms with E-state index in [1.165, 1.54) is 48.6 Å². The molecule has 1 unspecified atom stereocenters. The smallest absolute Gasteiger partial charge is 0.0210 e. The molecular formula is C16H24BrN. The van der Waals surface area contributed by atoms with Gasteiger partial charge in [0.25, 0.3) is 0 Å². The summed E-state index contributed by atoms with van der Waals surface area (Å²) >= 11 is 3.73. The fraction of sp³-hybridized carbons (Fsp3) is 0.625. The molecule has 2 heteroatoms. The fourth-order valence-corrected chi connectivity index (χ4v) is 3.82. The zero-order valence-electron chi connectivity index (χ0n) is 11.3. The Hall–Kier alpha value is -0.340. The molecule has 1 aliphatic carbocycles. The molecule has 1 saturated carbocycles. The van der Waals surface area contributed by atoms with Crippen molar-refractivity contribution in [2.24, 2.45) is 5.92 Å². The van der Waals surface area contributed by atoms with E-state index in [-0.39, 0.29) is 0 Å². The van der Waals surface area contributed by atoms with Crippen LogP contribution in [-0.4, -0.2) is 13.6 Å². The van der Waals surface area contributed by atoms with Crippen LogP contribution in [0.25, 0.3) is 0 Å². The minimum absolute atomic E-state index is 0.656. The van der Waals surface area contributed by atoms with Crippen molar-refractivity contribution in [1.29, 1.82) is 0 Å². The zero-order valence-corrected chi connectivity index (χ0v) is 12.9. The van der Waals surface area contributed by atoms with E-state index in [4.69, 9.17) is 0 Å². The van der Waals surface area contributed by atoms with Crippen molar-refractivity contribution < 1.29 is 0 Å². The third-order valence-corrected chi connectivity index (χ3v) is 4.92. The van der Waals surface area contributed by atoms with Crippen LogP contribution in [0.5, 0.6) is 0 Å². The summed E-state index contributed by atoms with van der Waals surface area (Å²) in [5.41, 5.74) is 1.48. The van der Waals surface area contributed by atoms with Crippen molar-refractivity contribution in [3.8, 4) is 0 Å². The van der Waals surface area contributed by atoms with Crippen LogP contribution in [0.1, 0.15) is 50.0 Å². The molecule has 1 atom stereocenters. The topological polar surface area (TPSA) is 12.0 Å². The van der Waals surface area contributed by atoms with E-state index in [9.17, 15) is 0 Å². The number of nitrogens with one attached hydrogen (secondary N) is 1. The Morgan fingerprint density at radius 1 is 1.17 bits per heavy atom. The molecule has 1 nitrogen and oxygen atoms in total. The third-order valence-electron chi connectivity index (χ3n) is 4.20. The van der Waals surface area contributed by atoms with Crippen molar-refractivity contribution in [2.75, 3.05) is 13.6 Å². The number of likely N-dealkylation sites (N-methyl/N-ethyl adjacent to an activating group) is 1. The highest BCUT2D eigenvalue weighted by Gasteiger charge is 2.24. The highest BCUT2D eigenvalue weighted by atomic mass is 79.9. The number of benzene rings is 1. The van der Waals surface area contributed by atoms with Gasteiger partial charge in [0, 0.05) is 16.9 Å². The van der Waals surface area contributed by atoms with Crippen LogP contribution in [0, 0.1) is 5.92 Å². The molecule has 0 aliphatic heterocycles. The predicted molar refractivity (Wildman–Crippen MR) is 82.0 cm³/mol. The van der Waals surface area contributed by atoms with Gasteiger partial charge in [0.15, 0.2) is 0 Å². The Bertz CT molecular complexity index is 356. The third kappa shape index (κ3) is 3.58. The molecule has 2 rings (SSSR count). The highest BCUT2D eigenvalue weighted by molar-refractivity contribution is 9.10. The molecule has 0 saturated heterocycles. The molecule has 0 aromatic heterocycles. The molecule has 18 heavy (non-hydrogen) atoms. The quantitative estimate of drug-likeness (QED) is 0.793. The number of hydrogen-bond donors (Lipinski definition) is 1. The van der Waals surface area contributed by atoms with Crippen molar-refractivity contribution in [3.63, 3.8) is 0 Å². The first-order chi connectivity index (χ1) is 8.83. The largest absolute Gasteiger partial charge is 0.319 e. The van der Waals surface area contributed by atoms with E-state index in [0.717, 1.165) is 12.5 Å². The summed E-state index contributed by atoms with van der Waals surface area (Å²) in [6, 6.07) is 8.74. The van der Waals surface area contributed by atoms with Crippen molar-refractivity contribution in [2.45, 2.75) is 44.4 Å². The number of rotatable bonds is 4. The van der Waals surface area contributed by atoms with E-state index in [0.29, 0.717) is 5.92 Å². The van der Waals surface area contributed by atoms with Gasteiger partial charge in [0.2, 0.25) is 0 Å². The maximum absolute atomic E-state index is 3.73. The standard InChI is InChI=1S/C16H24BrN/c1-18-12-15(13-8-4-2-3-5-9-13)14-10-6-7-11-16(14)17/h6-7,10-11,13,15,18H,2-5,8-9,12H2,1H3. The highest BCUT2D eigenvalue weighted by Crippen LogP contribution is 2.37. The lowest BCUT2D eigenvalue weighted by molar-refractivity contribution is 0.366. The van der Waals surface area contributed by atoms with E-state index >= 15 is 0 Å². The Morgan fingerprint density at radius 3 is 2.44 bits per heavy atom. The molecule has 0 amide bonds. The van der Waals surface area contributed by atoms with Crippen LogP contribution in [0.3, 0.4) is 0 Å². The molecule has 1 N–H and O–H groups in total. The summed E-state index contributed by atoms with van der Waals surface area (Å²) in [6.45, 7) is 1.09. The molecule has 0 bridgehead atoms. The van der Waals surface area contributed by atoms with Gasteiger partial charge in [-0.3, -0.25) is 0 Å². The number of halogens is 1. The summed E-state index contributed by atoms with van der Waals surface area (Å²) in [4.78, 5) is 0. The Labute approximate surface area is 119 Å². The van der Waals surface area contributed by atoms with Crippen molar-refractivity contribution in [3.05, 3.63) is 34.3 Å². The molecule has 1 aromatic carbocycles.